The highest BCUT2D eigenvalue weighted by Gasteiger charge is 2.50. The topological polar surface area (TPSA) is 102 Å². The van der Waals surface area contributed by atoms with Crippen LogP contribution in [0.3, 0.4) is 0 Å². The van der Waals surface area contributed by atoms with Crippen molar-refractivity contribution in [2.75, 3.05) is 31.2 Å². The number of ether oxygens (including phenoxy) is 2. The number of nitrogens with one attached hydrogen (secondary N) is 1. The Hall–Kier alpha value is -2.13. The summed E-state index contributed by atoms with van der Waals surface area (Å²) in [7, 11) is -12.2. The van der Waals surface area contributed by atoms with E-state index < -0.39 is 59.3 Å². The third-order valence-electron chi connectivity index (χ3n) is 4.69. The maximum atomic E-state index is 15.6. The van der Waals surface area contributed by atoms with Crippen molar-refractivity contribution in [1.82, 2.24) is 4.13 Å². The van der Waals surface area contributed by atoms with Crippen LogP contribution in [0.1, 0.15) is 39.5 Å². The number of hydrogen-bond acceptors (Lipinski definition) is 7. The van der Waals surface area contributed by atoms with E-state index in [4.69, 9.17) is 9.47 Å². The molecule has 194 valence electrons. The monoisotopic (exact) mass is 536 g/mol. The molecule has 15 heteroatoms. The van der Waals surface area contributed by atoms with Crippen molar-refractivity contribution < 1.29 is 48.3 Å². The van der Waals surface area contributed by atoms with Crippen LogP contribution in [0.2, 0.25) is 0 Å². The van der Waals surface area contributed by atoms with Crippen molar-refractivity contribution in [2.45, 2.75) is 49.9 Å². The van der Waals surface area contributed by atoms with E-state index in [1.54, 1.807) is 6.08 Å². The molecule has 1 aromatic rings. The molecule has 0 atom stereocenters. The first-order valence-electron chi connectivity index (χ1n) is 10.3. The molecule has 1 aliphatic rings. The van der Waals surface area contributed by atoms with Crippen LogP contribution in [0.5, 0.6) is 11.5 Å². The lowest BCUT2D eigenvalue weighted by molar-refractivity contribution is -0.0441. The highest BCUT2D eigenvalue weighted by molar-refractivity contribution is 8.05. The summed E-state index contributed by atoms with van der Waals surface area (Å²) in [6, 6.07) is 0. The van der Waals surface area contributed by atoms with Gasteiger partial charge >= 0.3 is 15.5 Å². The van der Waals surface area contributed by atoms with Gasteiger partial charge in [-0.05, 0) is 39.5 Å². The zero-order valence-corrected chi connectivity index (χ0v) is 20.0. The Morgan fingerprint density at radius 1 is 0.912 bits per heavy atom. The van der Waals surface area contributed by atoms with E-state index in [-0.39, 0.29) is 26.3 Å². The number of anilines is 1. The first-order chi connectivity index (χ1) is 15.8. The van der Waals surface area contributed by atoms with E-state index in [0.29, 0.717) is 29.8 Å². The lowest BCUT2D eigenvalue weighted by atomic mass is 10.2. The van der Waals surface area contributed by atoms with E-state index in [9.17, 15) is 30.0 Å². The molecule has 0 fully saturated rings. The fraction of sp³-hybridized carbons (Fsp3) is 0.579. The van der Waals surface area contributed by atoms with Gasteiger partial charge < -0.3 is 14.4 Å². The standard InChI is InChI=1S/C19H25F5N2O6S2/c1-3-31-16-13(20)15(26-11-9-7-5-6-8-10-12-26)18(17(14(16)21)32-4-2)33(27,28)25-34(29,30)19(22,23)24/h5,7,25H,3-4,6,8-12H2,1-2H3/b7-5-. The largest absolute Gasteiger partial charge is 0.512 e. The lowest BCUT2D eigenvalue weighted by Crippen LogP contribution is -2.41. The summed E-state index contributed by atoms with van der Waals surface area (Å²) in [6.07, 6.45) is 5.70. The van der Waals surface area contributed by atoms with Gasteiger partial charge in [-0.3, -0.25) is 0 Å². The molecule has 0 unspecified atom stereocenters. The van der Waals surface area contributed by atoms with Crippen molar-refractivity contribution >= 4 is 25.7 Å². The van der Waals surface area contributed by atoms with Gasteiger partial charge in [-0.15, -0.1) is 0 Å². The minimum absolute atomic E-state index is 0.00469. The Bertz CT molecular complexity index is 1120. The summed E-state index contributed by atoms with van der Waals surface area (Å²) in [5, 5.41) is 0. The Morgan fingerprint density at radius 3 is 2.09 bits per heavy atom. The van der Waals surface area contributed by atoms with Crippen molar-refractivity contribution in [1.29, 1.82) is 0 Å². The molecule has 1 aromatic carbocycles. The number of benzene rings is 1. The van der Waals surface area contributed by atoms with Crippen LogP contribution in [0.15, 0.2) is 17.0 Å². The average molecular weight is 537 g/mol. The van der Waals surface area contributed by atoms with Crippen molar-refractivity contribution in [3.63, 3.8) is 0 Å². The molecule has 1 aliphatic heterocycles. The predicted molar refractivity (Wildman–Crippen MR) is 114 cm³/mol. The van der Waals surface area contributed by atoms with E-state index in [2.05, 4.69) is 0 Å². The van der Waals surface area contributed by atoms with Crippen LogP contribution in [0, 0.1) is 11.6 Å². The van der Waals surface area contributed by atoms with Crippen molar-refractivity contribution in [2.24, 2.45) is 0 Å². The smallest absolute Gasteiger partial charge is 0.489 e. The Balaban J connectivity index is 2.89. The van der Waals surface area contributed by atoms with Crippen LogP contribution >= 0.6 is 0 Å². The van der Waals surface area contributed by atoms with E-state index >= 15 is 8.78 Å². The molecule has 8 nitrogen and oxygen atoms in total. The minimum Gasteiger partial charge on any atom is -0.489 e. The number of nitrogens with zero attached hydrogens (tertiary/aromatic N) is 1. The van der Waals surface area contributed by atoms with Gasteiger partial charge in [0.2, 0.25) is 5.82 Å². The first-order valence-corrected chi connectivity index (χ1v) is 13.3. The maximum Gasteiger partial charge on any atom is 0.512 e. The first kappa shape index (κ1) is 28.1. The summed E-state index contributed by atoms with van der Waals surface area (Å²) < 4.78 is 129. The van der Waals surface area contributed by atoms with Gasteiger partial charge in [0.25, 0.3) is 10.0 Å². The zero-order valence-electron chi connectivity index (χ0n) is 18.4. The Kier molecular flexibility index (Phi) is 9.16. The molecule has 0 aromatic heterocycles. The Morgan fingerprint density at radius 2 is 1.50 bits per heavy atom. The number of hydrogen-bond donors (Lipinski definition) is 1. The molecule has 1 heterocycles. The molecular formula is C19H25F5N2O6S2. The highest BCUT2D eigenvalue weighted by atomic mass is 32.3. The van der Waals surface area contributed by atoms with Gasteiger partial charge in [-0.1, -0.05) is 16.3 Å². The van der Waals surface area contributed by atoms with Gasteiger partial charge in [-0.2, -0.15) is 17.6 Å². The second kappa shape index (κ2) is 11.1. The SMILES string of the molecule is CCOc1c(F)c(OCC)c(S(=O)(=O)NS(=O)(=O)C(F)(F)F)c(N2CC/C=C\CCCC2)c1F. The number of rotatable bonds is 8. The van der Waals surface area contributed by atoms with Gasteiger partial charge in [0.15, 0.2) is 22.2 Å². The summed E-state index contributed by atoms with van der Waals surface area (Å²) in [5.74, 6) is -5.27. The summed E-state index contributed by atoms with van der Waals surface area (Å²) in [4.78, 5) is -0.201. The third-order valence-corrected chi connectivity index (χ3v) is 7.98. The van der Waals surface area contributed by atoms with Crippen LogP contribution in [-0.4, -0.2) is 48.6 Å². The van der Waals surface area contributed by atoms with Crippen molar-refractivity contribution in [3.05, 3.63) is 23.8 Å². The van der Waals surface area contributed by atoms with Gasteiger partial charge in [-0.25, -0.2) is 21.2 Å². The van der Waals surface area contributed by atoms with E-state index in [0.717, 1.165) is 0 Å². The second-order valence-electron chi connectivity index (χ2n) is 7.11. The lowest BCUT2D eigenvalue weighted by Gasteiger charge is -2.29. The normalized spacial score (nSPS) is 17.0. The number of alkyl halides is 3. The second-order valence-corrected chi connectivity index (χ2v) is 10.7. The molecule has 0 bridgehead atoms. The summed E-state index contributed by atoms with van der Waals surface area (Å²) >= 11 is 0. The fourth-order valence-electron chi connectivity index (χ4n) is 3.29. The number of sulfonamides is 2. The van der Waals surface area contributed by atoms with E-state index in [1.165, 1.54) is 18.7 Å². The third kappa shape index (κ3) is 6.10. The molecule has 0 radical (unpaired) electrons. The van der Waals surface area contributed by atoms with Crippen LogP contribution in [0.4, 0.5) is 27.6 Å². The summed E-state index contributed by atoms with van der Waals surface area (Å²) in [5.41, 5.74) is -6.84. The molecular weight excluding hydrogens is 511 g/mol. The Labute approximate surface area is 194 Å². The molecule has 0 saturated heterocycles. The molecule has 0 spiro atoms. The van der Waals surface area contributed by atoms with Crippen LogP contribution in [-0.2, 0) is 20.0 Å². The molecule has 34 heavy (non-hydrogen) atoms. The molecule has 0 amide bonds. The number of allylic oxidation sites excluding steroid dienone is 1. The van der Waals surface area contributed by atoms with Crippen LogP contribution in [0.25, 0.3) is 0 Å². The van der Waals surface area contributed by atoms with Crippen LogP contribution < -0.4 is 18.5 Å². The fourth-order valence-corrected chi connectivity index (χ4v) is 6.02. The molecule has 0 aliphatic carbocycles. The highest BCUT2D eigenvalue weighted by Crippen LogP contribution is 2.45. The van der Waals surface area contributed by atoms with Gasteiger partial charge in [0, 0.05) is 13.1 Å². The molecule has 0 saturated carbocycles. The summed E-state index contributed by atoms with van der Waals surface area (Å²) in [6.45, 7) is 2.19. The molecule has 2 rings (SSSR count). The van der Waals surface area contributed by atoms with Gasteiger partial charge in [0.1, 0.15) is 5.69 Å². The van der Waals surface area contributed by atoms with Gasteiger partial charge in [0.05, 0.1) is 13.2 Å². The van der Waals surface area contributed by atoms with E-state index in [1.807, 2.05) is 6.08 Å². The zero-order chi connectivity index (χ0) is 25.7. The minimum atomic E-state index is -6.45. The average Bonchev–Trinajstić information content (AvgIpc) is 2.85. The maximum absolute atomic E-state index is 15.6. The van der Waals surface area contributed by atoms with Crippen molar-refractivity contribution in [3.8, 4) is 11.5 Å². The predicted octanol–water partition coefficient (Wildman–Crippen LogP) is 3.83. The number of halogens is 5. The quantitative estimate of drug-likeness (QED) is 0.398. The molecule has 1 N–H and O–H groups in total.